The van der Waals surface area contributed by atoms with E-state index in [1.807, 2.05) is 0 Å². The largest absolute Gasteiger partial charge is 2.00 e. The van der Waals surface area contributed by atoms with E-state index in [2.05, 4.69) is 204 Å². The molecule has 0 fully saturated rings. The summed E-state index contributed by atoms with van der Waals surface area (Å²) in [4.78, 5) is 44.7. The fraction of sp³-hybridized carbons (Fsp3) is 0.250. The second-order valence-electron chi connectivity index (χ2n) is 24.1. The molecular formula is C64H56N8Zn. The van der Waals surface area contributed by atoms with Crippen molar-refractivity contribution in [1.82, 2.24) is 39.9 Å². The minimum Gasteiger partial charge on any atom is -0.357 e. The minimum absolute atomic E-state index is 0. The van der Waals surface area contributed by atoms with Gasteiger partial charge in [-0.1, -0.05) is 180 Å². The van der Waals surface area contributed by atoms with E-state index >= 15 is 0 Å². The fourth-order valence-electron chi connectivity index (χ4n) is 12.1. The molecule has 8 nitrogen and oxygen atoms in total. The topological polar surface area (TPSA) is 106 Å². The van der Waals surface area contributed by atoms with Gasteiger partial charge in [-0.15, -0.1) is 0 Å². The Balaban J connectivity index is 0.00000543. The van der Waals surface area contributed by atoms with Gasteiger partial charge in [0.15, 0.2) is 0 Å². The molecule has 73 heavy (non-hydrogen) atoms. The molecule has 9 heteroatoms. The molecule has 8 aromatic carbocycles. The molecule has 8 bridgehead atoms. The first kappa shape index (κ1) is 46.8. The molecule has 0 saturated carbocycles. The molecule has 13 rings (SSSR count). The van der Waals surface area contributed by atoms with E-state index in [9.17, 15) is 0 Å². The molecule has 0 atom stereocenters. The summed E-state index contributed by atoms with van der Waals surface area (Å²) in [6.07, 6.45) is 0. The number of benzene rings is 8. The summed E-state index contributed by atoms with van der Waals surface area (Å²) < 4.78 is 0. The average molecular weight is 1000 g/mol. The molecule has 0 N–H and O–H groups in total. The van der Waals surface area contributed by atoms with E-state index < -0.39 is 0 Å². The first-order chi connectivity index (χ1) is 34.2. The van der Waals surface area contributed by atoms with Crippen molar-refractivity contribution in [3.05, 3.63) is 144 Å². The monoisotopic (exact) mass is 1000 g/mol. The average Bonchev–Trinajstić information content (AvgIpc) is 4.04. The molecule has 3 aromatic heterocycles. The second kappa shape index (κ2) is 15.9. The summed E-state index contributed by atoms with van der Waals surface area (Å²) in [6.45, 7) is 27.2. The Morgan fingerprint density at radius 3 is 0.918 bits per heavy atom. The van der Waals surface area contributed by atoms with Crippen LogP contribution < -0.4 is 9.97 Å². The first-order valence-electron chi connectivity index (χ1n) is 25.2. The van der Waals surface area contributed by atoms with Crippen LogP contribution in [0.1, 0.15) is 105 Å². The summed E-state index contributed by atoms with van der Waals surface area (Å²) >= 11 is 0. The van der Waals surface area contributed by atoms with Crippen LogP contribution in [-0.2, 0) is 41.1 Å². The molecule has 11 aromatic rings. The first-order valence-corrected chi connectivity index (χ1v) is 25.2. The number of nitrogens with zero attached hydrogens (tertiary/aromatic N) is 8. The van der Waals surface area contributed by atoms with Crippen LogP contribution in [0, 0.1) is 0 Å². The van der Waals surface area contributed by atoms with Crippen LogP contribution in [-0.4, -0.2) is 29.9 Å². The van der Waals surface area contributed by atoms with E-state index in [0.29, 0.717) is 45.9 Å². The summed E-state index contributed by atoms with van der Waals surface area (Å²) in [5.74, 6) is 2.22. The summed E-state index contributed by atoms with van der Waals surface area (Å²) in [7, 11) is 0. The van der Waals surface area contributed by atoms with Crippen LogP contribution in [0.3, 0.4) is 0 Å². The number of hydrogen-bond donors (Lipinski definition) is 0. The van der Waals surface area contributed by atoms with Gasteiger partial charge in [-0.25, -0.2) is 9.97 Å². The maximum atomic E-state index is 5.65. The van der Waals surface area contributed by atoms with Gasteiger partial charge in [0.05, 0.1) is 23.3 Å². The quantitative estimate of drug-likeness (QED) is 0.138. The molecule has 2 aliphatic rings. The molecule has 2 aliphatic heterocycles. The number of fused-ring (bicyclic) bond motifs is 24. The fourth-order valence-corrected chi connectivity index (χ4v) is 12.1. The molecule has 0 unspecified atom stereocenters. The summed E-state index contributed by atoms with van der Waals surface area (Å²) in [5.41, 5.74) is 9.34. The van der Waals surface area contributed by atoms with Crippen molar-refractivity contribution < 1.29 is 19.5 Å². The standard InChI is InChI=1S/C64H56N8.Zn/c1-61(2,3)49-37-25-17-13-21-33(37)29-41-45(49)57-65-53(41)70-58-47-43(31-35-23-15-19-27-39(35)51(47)63(7,8)9)55(67-58)72-60-48-44(32-36-24-16-20-28-40(36)52(48)64(10,11)12)56(68-60)71-59-46-42(54(66-59)69-57)30-34-22-14-18-26-38(34)50(46)62(4,5)6;/h13-32H,1-12H3;/q-2;+2. The van der Waals surface area contributed by atoms with Crippen LogP contribution in [0.15, 0.2) is 121 Å². The third-order valence-corrected chi connectivity index (χ3v) is 14.7. The molecule has 0 saturated heterocycles. The molecular weight excluding hydrogens is 946 g/mol. The van der Waals surface area contributed by atoms with Gasteiger partial charge in [-0.2, -0.15) is 0 Å². The van der Waals surface area contributed by atoms with Gasteiger partial charge < -0.3 is 29.9 Å². The van der Waals surface area contributed by atoms with Crippen molar-refractivity contribution in [2.24, 2.45) is 0 Å². The number of rotatable bonds is 0. The van der Waals surface area contributed by atoms with Crippen LogP contribution in [0.5, 0.6) is 0 Å². The Hall–Kier alpha value is -7.22. The maximum absolute atomic E-state index is 5.65. The number of aromatic nitrogens is 8. The SMILES string of the molecule is CC(C)(C)c1c2c(cc3ccccc13)-c1nc-2nc2[n-]c(nc3nc(nc4[n-]c(n1)c1c(C(C)(C)C)c5ccccc5cc41)-c1c-3cc3ccccc3c1C(C)(C)C)c1c(C(C)(C)C)c3ccccc3cc21.[Zn+2]. The van der Waals surface area contributed by atoms with E-state index in [4.69, 9.17) is 39.9 Å². The van der Waals surface area contributed by atoms with Crippen LogP contribution >= 0.6 is 0 Å². The third kappa shape index (κ3) is 7.17. The molecule has 354 valence electrons. The third-order valence-electron chi connectivity index (χ3n) is 14.7. The van der Waals surface area contributed by atoms with Crippen molar-refractivity contribution in [3.63, 3.8) is 0 Å². The summed E-state index contributed by atoms with van der Waals surface area (Å²) in [5, 5.41) is 12.8. The van der Waals surface area contributed by atoms with Gasteiger partial charge in [0.2, 0.25) is 0 Å². The molecule has 5 heterocycles. The van der Waals surface area contributed by atoms with Crippen LogP contribution in [0.25, 0.3) is 133 Å². The van der Waals surface area contributed by atoms with Gasteiger partial charge in [-0.05, 0) is 133 Å². The molecule has 0 spiro atoms. The van der Waals surface area contributed by atoms with Gasteiger partial charge >= 0.3 is 19.5 Å². The van der Waals surface area contributed by atoms with Crippen LogP contribution in [0.2, 0.25) is 0 Å². The zero-order chi connectivity index (χ0) is 50.0. The van der Waals surface area contributed by atoms with E-state index in [1.165, 1.54) is 0 Å². The van der Waals surface area contributed by atoms with Crippen molar-refractivity contribution in [3.8, 4) is 45.6 Å². The zero-order valence-corrected chi connectivity index (χ0v) is 46.8. The normalized spacial score (nSPS) is 13.1. The smallest absolute Gasteiger partial charge is 0.357 e. The Morgan fingerprint density at radius 2 is 0.589 bits per heavy atom. The van der Waals surface area contributed by atoms with E-state index in [1.54, 1.807) is 0 Å². The van der Waals surface area contributed by atoms with Crippen molar-refractivity contribution in [2.45, 2.75) is 105 Å². The van der Waals surface area contributed by atoms with Gasteiger partial charge in [0, 0.05) is 44.8 Å². The predicted molar refractivity (Wildman–Crippen MR) is 299 cm³/mol. The second-order valence-corrected chi connectivity index (χ2v) is 24.1. The molecule has 0 aliphatic carbocycles. The Bertz CT molecular complexity index is 4100. The Kier molecular flexibility index (Phi) is 10.2. The van der Waals surface area contributed by atoms with Crippen molar-refractivity contribution >= 4 is 87.2 Å². The molecule has 0 amide bonds. The zero-order valence-electron chi connectivity index (χ0n) is 43.8. The Labute approximate surface area is 438 Å². The predicted octanol–water partition coefficient (Wildman–Crippen LogP) is 15.9. The minimum atomic E-state index is -0.305. The van der Waals surface area contributed by atoms with Crippen molar-refractivity contribution in [2.75, 3.05) is 0 Å². The number of hydrogen-bond acceptors (Lipinski definition) is 6. The molecule has 0 radical (unpaired) electrons. The van der Waals surface area contributed by atoms with Gasteiger partial charge in [-0.3, -0.25) is 0 Å². The van der Waals surface area contributed by atoms with E-state index in [0.717, 1.165) is 109 Å². The Morgan fingerprint density at radius 1 is 0.301 bits per heavy atom. The van der Waals surface area contributed by atoms with E-state index in [-0.39, 0.29) is 41.1 Å². The van der Waals surface area contributed by atoms with Crippen molar-refractivity contribution in [1.29, 1.82) is 0 Å². The van der Waals surface area contributed by atoms with Crippen LogP contribution in [0.4, 0.5) is 0 Å². The van der Waals surface area contributed by atoms with Gasteiger partial charge in [0.1, 0.15) is 0 Å². The van der Waals surface area contributed by atoms with Gasteiger partial charge in [0.25, 0.3) is 0 Å². The maximum Gasteiger partial charge on any atom is 2.00 e. The summed E-state index contributed by atoms with van der Waals surface area (Å²) in [6, 6.07) is 43.4.